The van der Waals surface area contributed by atoms with Gasteiger partial charge in [-0.05, 0) is 70.3 Å². The molecule has 1 amide bonds. The zero-order chi connectivity index (χ0) is 57.2. The molecular formula is C68H128N2O7P+. The van der Waals surface area contributed by atoms with Crippen molar-refractivity contribution in [1.29, 1.82) is 0 Å². The monoisotopic (exact) mass is 1120 g/mol. The van der Waals surface area contributed by atoms with E-state index in [0.717, 1.165) is 83.5 Å². The molecule has 0 heterocycles. The van der Waals surface area contributed by atoms with Gasteiger partial charge in [0.05, 0.1) is 33.8 Å². The molecule has 2 N–H and O–H groups in total. The maximum absolute atomic E-state index is 13.5. The Kier molecular flexibility index (Phi) is 56.2. The lowest BCUT2D eigenvalue weighted by Crippen LogP contribution is -2.47. The van der Waals surface area contributed by atoms with Crippen molar-refractivity contribution in [3.63, 3.8) is 0 Å². The number of phosphoric ester groups is 1. The van der Waals surface area contributed by atoms with E-state index in [9.17, 15) is 19.0 Å². The predicted molar refractivity (Wildman–Crippen MR) is 337 cm³/mol. The van der Waals surface area contributed by atoms with E-state index in [2.05, 4.69) is 74.7 Å². The highest BCUT2D eigenvalue weighted by molar-refractivity contribution is 7.47. The van der Waals surface area contributed by atoms with Crippen molar-refractivity contribution in [1.82, 2.24) is 5.32 Å². The third-order valence-corrected chi connectivity index (χ3v) is 15.7. The fourth-order valence-corrected chi connectivity index (χ4v) is 10.4. The first-order valence-corrected chi connectivity index (χ1v) is 34.6. The molecule has 0 aliphatic carbocycles. The molecular weight excluding hydrogens is 988 g/mol. The first-order valence-electron chi connectivity index (χ1n) is 33.1. The van der Waals surface area contributed by atoms with Gasteiger partial charge in [-0.15, -0.1) is 0 Å². The highest BCUT2D eigenvalue weighted by atomic mass is 31.2. The van der Waals surface area contributed by atoms with Crippen molar-refractivity contribution in [2.75, 3.05) is 40.9 Å². The molecule has 3 atom stereocenters. The highest BCUT2D eigenvalue weighted by Gasteiger charge is 2.30. The van der Waals surface area contributed by atoms with Gasteiger partial charge in [-0.1, -0.05) is 287 Å². The van der Waals surface area contributed by atoms with Gasteiger partial charge in [0, 0.05) is 12.8 Å². The predicted octanol–water partition coefficient (Wildman–Crippen LogP) is 20.6. The van der Waals surface area contributed by atoms with Gasteiger partial charge >= 0.3 is 13.8 Å². The summed E-state index contributed by atoms with van der Waals surface area (Å²) in [6.45, 7) is 6.91. The van der Waals surface area contributed by atoms with E-state index in [1.54, 1.807) is 0 Å². The van der Waals surface area contributed by atoms with Gasteiger partial charge in [-0.25, -0.2) is 4.57 Å². The number of unbranched alkanes of at least 4 members (excludes halogenated alkanes) is 36. The van der Waals surface area contributed by atoms with E-state index < -0.39 is 20.0 Å². The molecule has 0 bridgehead atoms. The average Bonchev–Trinajstić information content (AvgIpc) is 3.40. The van der Waals surface area contributed by atoms with Crippen LogP contribution in [0, 0.1) is 0 Å². The molecule has 10 heteroatoms. The minimum atomic E-state index is -4.46. The standard InChI is InChI=1S/C68H127N2O7P/c1-7-10-13-16-19-22-25-28-30-32-33-34-35-36-37-38-40-43-46-49-52-55-58-61-68(72)77-66(59-56-53-50-47-44-41-27-24-21-18-15-12-9-3)65(64-76-78(73,74)75-63-62-70(4,5)6)69-67(71)60-57-54-51-48-45-42-39-31-29-26-23-20-17-14-11-8-2/h11,14,20,23,29,31,42,45,56,59,65-66H,7-10,12-13,15-19,21-22,24-28,30,32-41,43-44,46-55,57-58,60-64H2,1-6H3,(H-,69,71,73,74)/p+1/b14-11+,23-20+,31-29+,45-42+,59-56-. The van der Waals surface area contributed by atoms with Crippen LogP contribution >= 0.6 is 7.82 Å². The van der Waals surface area contributed by atoms with Gasteiger partial charge in [-0.2, -0.15) is 0 Å². The van der Waals surface area contributed by atoms with Gasteiger partial charge in [0.15, 0.2) is 0 Å². The molecule has 0 rings (SSSR count). The Bertz CT molecular complexity index is 1520. The molecule has 0 aromatic heterocycles. The average molecular weight is 1120 g/mol. The number of quaternary nitrogens is 1. The quantitative estimate of drug-likeness (QED) is 0.0205. The smallest absolute Gasteiger partial charge is 0.456 e. The number of carbonyl (C=O) groups is 2. The van der Waals surface area contributed by atoms with Crippen LogP contribution in [0.15, 0.2) is 60.8 Å². The number of carbonyl (C=O) groups excluding carboxylic acids is 2. The lowest BCUT2D eigenvalue weighted by molar-refractivity contribution is -0.870. The number of amides is 1. The fourth-order valence-electron chi connectivity index (χ4n) is 9.64. The zero-order valence-electron chi connectivity index (χ0n) is 52.2. The maximum Gasteiger partial charge on any atom is 0.472 e. The van der Waals surface area contributed by atoms with Crippen LogP contribution in [0.2, 0.25) is 0 Å². The Morgan fingerprint density at radius 1 is 0.462 bits per heavy atom. The van der Waals surface area contributed by atoms with Crippen molar-refractivity contribution >= 4 is 19.7 Å². The Labute approximate surface area is 483 Å². The van der Waals surface area contributed by atoms with Crippen molar-refractivity contribution in [2.45, 2.75) is 322 Å². The summed E-state index contributed by atoms with van der Waals surface area (Å²) in [5, 5.41) is 3.05. The van der Waals surface area contributed by atoms with Crippen LogP contribution in [0.3, 0.4) is 0 Å². The van der Waals surface area contributed by atoms with E-state index >= 15 is 0 Å². The van der Waals surface area contributed by atoms with Gasteiger partial charge in [0.25, 0.3) is 0 Å². The molecule has 0 saturated heterocycles. The number of esters is 1. The van der Waals surface area contributed by atoms with Crippen molar-refractivity contribution < 1.29 is 37.3 Å². The molecule has 0 aliphatic rings. The van der Waals surface area contributed by atoms with Crippen molar-refractivity contribution in [2.24, 2.45) is 0 Å². The largest absolute Gasteiger partial charge is 0.472 e. The SMILES string of the molecule is CC/C=C/C/C=C/C/C=C/C/C=C/CCCCCC(=O)NC(COP(=O)(O)OCC[N+](C)(C)C)C(/C=C\CCCCCCCCCCCCC)OC(=O)CCCCCCCCCCCCCCCCCCCCCCCCC. The molecule has 0 radical (unpaired) electrons. The van der Waals surface area contributed by atoms with Crippen LogP contribution in [0.25, 0.3) is 0 Å². The molecule has 456 valence electrons. The minimum absolute atomic E-state index is 0.0338. The number of ether oxygens (including phenoxy) is 1. The van der Waals surface area contributed by atoms with Crippen LogP contribution in [0.1, 0.15) is 310 Å². The summed E-state index contributed by atoms with van der Waals surface area (Å²) >= 11 is 0. The molecule has 0 spiro atoms. The zero-order valence-corrected chi connectivity index (χ0v) is 53.1. The van der Waals surface area contributed by atoms with E-state index in [1.165, 1.54) is 186 Å². The third-order valence-electron chi connectivity index (χ3n) is 14.7. The molecule has 0 fully saturated rings. The van der Waals surface area contributed by atoms with Crippen LogP contribution in [0.4, 0.5) is 0 Å². The molecule has 9 nitrogen and oxygen atoms in total. The maximum atomic E-state index is 13.5. The number of nitrogens with zero attached hydrogens (tertiary/aromatic N) is 1. The van der Waals surface area contributed by atoms with Gasteiger partial charge in [0.1, 0.15) is 19.3 Å². The van der Waals surface area contributed by atoms with E-state index in [4.69, 9.17) is 13.8 Å². The second-order valence-corrected chi connectivity index (χ2v) is 25.1. The Hall–Kier alpha value is -2.29. The summed E-state index contributed by atoms with van der Waals surface area (Å²) in [7, 11) is 1.48. The summed E-state index contributed by atoms with van der Waals surface area (Å²) in [5.74, 6) is -0.530. The number of likely N-dealkylation sites (N-methyl/N-ethyl adjacent to an activating group) is 1. The van der Waals surface area contributed by atoms with E-state index in [0.29, 0.717) is 23.9 Å². The van der Waals surface area contributed by atoms with Gasteiger partial charge in [0.2, 0.25) is 5.91 Å². The van der Waals surface area contributed by atoms with Gasteiger partial charge < -0.3 is 19.4 Å². The summed E-state index contributed by atoms with van der Waals surface area (Å²) in [5.41, 5.74) is 0. The van der Waals surface area contributed by atoms with E-state index in [1.807, 2.05) is 33.3 Å². The molecule has 0 saturated carbocycles. The number of phosphoric acid groups is 1. The summed E-state index contributed by atoms with van der Waals surface area (Å²) < 4.78 is 30.7. The minimum Gasteiger partial charge on any atom is -0.456 e. The fraction of sp³-hybridized carbons (Fsp3) is 0.824. The normalized spacial score (nSPS) is 14.0. The number of allylic oxidation sites excluding steroid dienone is 9. The lowest BCUT2D eigenvalue weighted by atomic mass is 10.0. The Balaban J connectivity index is 5.18. The van der Waals surface area contributed by atoms with E-state index in [-0.39, 0.29) is 31.5 Å². The Morgan fingerprint density at radius 3 is 1.24 bits per heavy atom. The first-order chi connectivity index (χ1) is 37.9. The van der Waals surface area contributed by atoms with Crippen molar-refractivity contribution in [3.8, 4) is 0 Å². The summed E-state index contributed by atoms with van der Waals surface area (Å²) in [6.07, 6.45) is 73.8. The van der Waals surface area contributed by atoms with Crippen LogP contribution in [0.5, 0.6) is 0 Å². The molecule has 78 heavy (non-hydrogen) atoms. The number of hydrogen-bond donors (Lipinski definition) is 2. The second-order valence-electron chi connectivity index (χ2n) is 23.6. The molecule has 3 unspecified atom stereocenters. The first kappa shape index (κ1) is 75.7. The summed E-state index contributed by atoms with van der Waals surface area (Å²) in [6, 6.07) is -0.865. The van der Waals surface area contributed by atoms with Crippen LogP contribution in [-0.2, 0) is 27.9 Å². The topological polar surface area (TPSA) is 111 Å². The van der Waals surface area contributed by atoms with Crippen LogP contribution < -0.4 is 5.32 Å². The summed E-state index contributed by atoms with van der Waals surface area (Å²) in [4.78, 5) is 37.8. The number of nitrogens with one attached hydrogen (secondary N) is 1. The lowest BCUT2D eigenvalue weighted by Gasteiger charge is -2.27. The molecule has 0 aromatic carbocycles. The molecule has 0 aliphatic heterocycles. The van der Waals surface area contributed by atoms with Crippen molar-refractivity contribution in [3.05, 3.63) is 60.8 Å². The number of rotatable bonds is 60. The Morgan fingerprint density at radius 2 is 0.821 bits per heavy atom. The highest BCUT2D eigenvalue weighted by Crippen LogP contribution is 2.43. The third kappa shape index (κ3) is 58.4. The number of hydrogen-bond acceptors (Lipinski definition) is 6. The van der Waals surface area contributed by atoms with Gasteiger partial charge in [-0.3, -0.25) is 18.6 Å². The van der Waals surface area contributed by atoms with Crippen LogP contribution in [-0.4, -0.2) is 74.3 Å². The second kappa shape index (κ2) is 57.9. The molecule has 0 aromatic rings.